The molecule has 3 aromatic carbocycles. The van der Waals surface area contributed by atoms with Crippen molar-refractivity contribution in [2.75, 3.05) is 0 Å². The maximum atomic E-state index is 12.3. The molecule has 9 heteroatoms. The smallest absolute Gasteiger partial charge is 0.344 e. The molecule has 0 unspecified atom stereocenters. The third kappa shape index (κ3) is 4.93. The molecule has 5 nitrogen and oxygen atoms in total. The Bertz CT molecular complexity index is 1660. The summed E-state index contributed by atoms with van der Waals surface area (Å²) in [5.74, 6) is -0.171. The lowest BCUT2D eigenvalue weighted by molar-refractivity contribution is 0.468. The van der Waals surface area contributed by atoms with Crippen molar-refractivity contribution in [2.45, 2.75) is 6.92 Å². The van der Waals surface area contributed by atoms with Crippen molar-refractivity contribution in [3.05, 3.63) is 106 Å². The molecule has 0 saturated heterocycles. The second-order valence-corrected chi connectivity index (χ2v) is 9.82. The van der Waals surface area contributed by atoms with E-state index in [4.69, 9.17) is 32.0 Å². The molecular formula is C25H14Br2Cl2O5. The highest BCUT2D eigenvalue weighted by Gasteiger charge is 2.15. The molecule has 0 aliphatic rings. The first kappa shape index (κ1) is 24.5. The van der Waals surface area contributed by atoms with Gasteiger partial charge in [0.25, 0.3) is 0 Å². The number of aromatic hydroxyl groups is 1. The van der Waals surface area contributed by atoms with E-state index in [1.165, 1.54) is 12.1 Å². The molecule has 2 heterocycles. The first-order chi connectivity index (χ1) is 16.2. The highest BCUT2D eigenvalue weighted by molar-refractivity contribution is 9.11. The van der Waals surface area contributed by atoms with Gasteiger partial charge >= 0.3 is 11.3 Å². The normalized spacial score (nSPS) is 10.9. The van der Waals surface area contributed by atoms with Gasteiger partial charge in [0.1, 0.15) is 11.3 Å². The lowest BCUT2D eigenvalue weighted by Gasteiger charge is -2.09. The maximum absolute atomic E-state index is 12.3. The maximum Gasteiger partial charge on any atom is 0.344 e. The molecule has 2 aromatic heterocycles. The van der Waals surface area contributed by atoms with E-state index in [1.807, 2.05) is 49.4 Å². The van der Waals surface area contributed by atoms with E-state index >= 15 is 0 Å². The fraction of sp³-hybridized carbons (Fsp3) is 0.0400. The molecule has 34 heavy (non-hydrogen) atoms. The number of hydrogen-bond donors (Lipinski definition) is 1. The third-order valence-electron chi connectivity index (χ3n) is 5.01. The summed E-state index contributed by atoms with van der Waals surface area (Å²) in [7, 11) is 0. The van der Waals surface area contributed by atoms with Gasteiger partial charge < -0.3 is 13.9 Å². The van der Waals surface area contributed by atoms with Crippen LogP contribution in [0, 0.1) is 6.92 Å². The fourth-order valence-corrected chi connectivity index (χ4v) is 5.08. The zero-order valence-electron chi connectivity index (χ0n) is 17.4. The van der Waals surface area contributed by atoms with Gasteiger partial charge in [-0.1, -0.05) is 69.5 Å². The van der Waals surface area contributed by atoms with Crippen LogP contribution in [0.1, 0.15) is 5.56 Å². The Morgan fingerprint density at radius 3 is 2.24 bits per heavy atom. The summed E-state index contributed by atoms with van der Waals surface area (Å²) in [4.78, 5) is 23.2. The Morgan fingerprint density at radius 1 is 0.853 bits per heavy atom. The minimum atomic E-state index is -0.631. The van der Waals surface area contributed by atoms with Crippen LogP contribution >= 0.6 is 55.1 Å². The molecule has 0 bridgehead atoms. The van der Waals surface area contributed by atoms with E-state index < -0.39 is 5.63 Å². The lowest BCUT2D eigenvalue weighted by Crippen LogP contribution is -2.06. The largest absolute Gasteiger partial charge is 0.507 e. The monoisotopic (exact) mass is 622 g/mol. The van der Waals surface area contributed by atoms with Gasteiger partial charge in [-0.05, 0) is 52.2 Å². The van der Waals surface area contributed by atoms with Crippen molar-refractivity contribution in [3.8, 4) is 16.9 Å². The number of halogens is 4. The summed E-state index contributed by atoms with van der Waals surface area (Å²) in [6.07, 6.45) is 0. The summed E-state index contributed by atoms with van der Waals surface area (Å²) in [6.45, 7) is 1.94. The molecule has 0 aliphatic heterocycles. The fourth-order valence-electron chi connectivity index (χ4n) is 3.45. The molecule has 0 radical (unpaired) electrons. The number of rotatable bonds is 1. The summed E-state index contributed by atoms with van der Waals surface area (Å²) in [5.41, 5.74) is 2.25. The molecule has 5 rings (SSSR count). The van der Waals surface area contributed by atoms with E-state index in [0.29, 0.717) is 21.6 Å². The van der Waals surface area contributed by atoms with Crippen molar-refractivity contribution < 1.29 is 13.9 Å². The Hall–Kier alpha value is -2.58. The first-order valence-corrected chi connectivity index (χ1v) is 12.1. The topological polar surface area (TPSA) is 80.7 Å². The number of aryl methyl sites for hydroxylation is 1. The van der Waals surface area contributed by atoms with E-state index in [9.17, 15) is 14.7 Å². The summed E-state index contributed by atoms with van der Waals surface area (Å²) in [5, 5.41) is 11.3. The van der Waals surface area contributed by atoms with E-state index in [1.54, 1.807) is 0 Å². The van der Waals surface area contributed by atoms with Gasteiger partial charge in [0.05, 0.1) is 31.5 Å². The standard InChI is InChI=1S/C16H10Br2O2.C9H4Cl2O3/c1-9-12-7-11(17)8-13(18)15(12)20-16(19)14(9)10-5-3-2-4-6-10;10-5-1-4-7(12)3-9(13)14-8(4)2-6(5)11/h2-8H,1H3;1-3,12H. The molecule has 0 amide bonds. The van der Waals surface area contributed by atoms with Gasteiger partial charge in [-0.15, -0.1) is 0 Å². The van der Waals surface area contributed by atoms with Crippen LogP contribution in [0.25, 0.3) is 33.1 Å². The van der Waals surface area contributed by atoms with E-state index in [-0.39, 0.29) is 22.0 Å². The highest BCUT2D eigenvalue weighted by atomic mass is 79.9. The van der Waals surface area contributed by atoms with Crippen LogP contribution < -0.4 is 11.3 Å². The van der Waals surface area contributed by atoms with Crippen molar-refractivity contribution >= 4 is 77.0 Å². The van der Waals surface area contributed by atoms with Gasteiger partial charge in [-0.3, -0.25) is 0 Å². The van der Waals surface area contributed by atoms with Gasteiger partial charge in [0, 0.05) is 15.9 Å². The van der Waals surface area contributed by atoms with E-state index in [0.717, 1.165) is 31.5 Å². The van der Waals surface area contributed by atoms with Crippen LogP contribution in [0.4, 0.5) is 0 Å². The highest BCUT2D eigenvalue weighted by Crippen LogP contribution is 2.33. The van der Waals surface area contributed by atoms with Crippen LogP contribution in [0.5, 0.6) is 5.75 Å². The Balaban J connectivity index is 0.000000172. The molecule has 0 fully saturated rings. The van der Waals surface area contributed by atoms with Gasteiger partial charge in [-0.2, -0.15) is 0 Å². The zero-order valence-corrected chi connectivity index (χ0v) is 22.0. The Labute approximate surface area is 219 Å². The van der Waals surface area contributed by atoms with E-state index in [2.05, 4.69) is 31.9 Å². The molecule has 1 N–H and O–H groups in total. The zero-order chi connectivity index (χ0) is 24.6. The molecule has 0 aliphatic carbocycles. The van der Waals surface area contributed by atoms with Crippen molar-refractivity contribution in [2.24, 2.45) is 0 Å². The summed E-state index contributed by atoms with van der Waals surface area (Å²) >= 11 is 18.4. The van der Waals surface area contributed by atoms with Gasteiger partial charge in [0.2, 0.25) is 0 Å². The predicted octanol–water partition coefficient (Wildman–Crippen LogP) is 8.10. The van der Waals surface area contributed by atoms with Crippen molar-refractivity contribution in [3.63, 3.8) is 0 Å². The average Bonchev–Trinajstić information content (AvgIpc) is 2.77. The number of fused-ring (bicyclic) bond motifs is 2. The SMILES string of the molecule is Cc1c(-c2ccccc2)c(=O)oc2c(Br)cc(Br)cc12.O=c1cc(O)c2cc(Cl)c(Cl)cc2o1. The van der Waals surface area contributed by atoms with Gasteiger partial charge in [-0.25, -0.2) is 9.59 Å². The van der Waals surface area contributed by atoms with Gasteiger partial charge in [0.15, 0.2) is 5.58 Å². The average molecular weight is 625 g/mol. The predicted molar refractivity (Wildman–Crippen MR) is 142 cm³/mol. The van der Waals surface area contributed by atoms with Crippen LogP contribution in [0.15, 0.2) is 88.0 Å². The Kier molecular flexibility index (Phi) is 7.19. The molecule has 5 aromatic rings. The van der Waals surface area contributed by atoms with Crippen molar-refractivity contribution in [1.82, 2.24) is 0 Å². The summed E-state index contributed by atoms with van der Waals surface area (Å²) < 4.78 is 12.0. The van der Waals surface area contributed by atoms with Crippen LogP contribution in [0.3, 0.4) is 0 Å². The Morgan fingerprint density at radius 2 is 1.53 bits per heavy atom. The van der Waals surface area contributed by atoms with Crippen LogP contribution in [0.2, 0.25) is 10.0 Å². The minimum absolute atomic E-state index is 0.171. The second-order valence-electron chi connectivity index (χ2n) is 7.23. The van der Waals surface area contributed by atoms with Crippen molar-refractivity contribution in [1.29, 1.82) is 0 Å². The van der Waals surface area contributed by atoms with Crippen LogP contribution in [-0.2, 0) is 0 Å². The number of hydrogen-bond acceptors (Lipinski definition) is 5. The number of benzene rings is 3. The molecule has 0 atom stereocenters. The summed E-state index contributed by atoms with van der Waals surface area (Å²) in [6, 6.07) is 17.2. The molecule has 0 saturated carbocycles. The molecular weight excluding hydrogens is 611 g/mol. The molecule has 0 spiro atoms. The van der Waals surface area contributed by atoms with Crippen LogP contribution in [-0.4, -0.2) is 5.11 Å². The first-order valence-electron chi connectivity index (χ1n) is 9.75. The minimum Gasteiger partial charge on any atom is -0.507 e. The third-order valence-corrected chi connectivity index (χ3v) is 6.78. The second kappa shape index (κ2) is 9.96. The quantitative estimate of drug-likeness (QED) is 0.191. The lowest BCUT2D eigenvalue weighted by atomic mass is 10.00. The molecule has 172 valence electrons.